The van der Waals surface area contributed by atoms with Gasteiger partial charge in [-0.25, -0.2) is 4.98 Å². The minimum Gasteiger partial charge on any atom is -0.417 e. The number of nitrogens with zero attached hydrogens (tertiary/aromatic N) is 2. The number of alkyl halides is 2. The molecule has 0 amide bonds. The molecule has 0 aliphatic rings. The minimum atomic E-state index is -2.84. The molecule has 0 unspecified atom stereocenters. The maximum Gasteiger partial charge on any atom is 0.388 e. The molecule has 14 heavy (non-hydrogen) atoms. The Balaban J connectivity index is 2.68. The normalized spacial score (nSPS) is 11.0. The molecule has 0 spiro atoms. The van der Waals surface area contributed by atoms with Gasteiger partial charge in [0, 0.05) is 18.7 Å². The fraction of sp³-hybridized carbons (Fsp3) is 0.556. The monoisotopic (exact) mass is 202 g/mol. The summed E-state index contributed by atoms with van der Waals surface area (Å²) in [7, 11) is 0. The van der Waals surface area contributed by atoms with Gasteiger partial charge in [0.25, 0.3) is 0 Å². The van der Waals surface area contributed by atoms with Crippen LogP contribution in [0.25, 0.3) is 0 Å². The van der Waals surface area contributed by atoms with Crippen LogP contribution in [0.4, 0.5) is 8.78 Å². The summed E-state index contributed by atoms with van der Waals surface area (Å²) < 4.78 is 27.8. The number of halogens is 2. The van der Waals surface area contributed by atoms with Crippen LogP contribution in [0.2, 0.25) is 0 Å². The van der Waals surface area contributed by atoms with Gasteiger partial charge in [0.2, 0.25) is 5.88 Å². The molecule has 1 aromatic heterocycles. The summed E-state index contributed by atoms with van der Waals surface area (Å²) in [4.78, 5) is 7.79. The highest BCUT2D eigenvalue weighted by Crippen LogP contribution is 2.11. The summed E-state index contributed by atoms with van der Waals surface area (Å²) in [6, 6.07) is 1.32. The predicted octanol–water partition coefficient (Wildman–Crippen LogP) is 2.28. The zero-order valence-electron chi connectivity index (χ0n) is 8.08. The van der Waals surface area contributed by atoms with E-state index in [0.29, 0.717) is 18.2 Å². The van der Waals surface area contributed by atoms with Crippen molar-refractivity contribution in [1.82, 2.24) is 9.97 Å². The van der Waals surface area contributed by atoms with Crippen molar-refractivity contribution in [3.8, 4) is 5.88 Å². The molecular weight excluding hydrogens is 190 g/mol. The van der Waals surface area contributed by atoms with E-state index in [0.717, 1.165) is 0 Å². The number of hydrogen-bond acceptors (Lipinski definition) is 3. The maximum atomic E-state index is 11.8. The molecular formula is C9H12F2N2O. The third-order valence-electron chi connectivity index (χ3n) is 1.48. The van der Waals surface area contributed by atoms with Crippen LogP contribution in [-0.4, -0.2) is 16.6 Å². The molecule has 0 aromatic carbocycles. The maximum absolute atomic E-state index is 11.8. The van der Waals surface area contributed by atoms with E-state index in [-0.39, 0.29) is 5.88 Å². The summed E-state index contributed by atoms with van der Waals surface area (Å²) >= 11 is 0. The Morgan fingerprint density at radius 3 is 2.71 bits per heavy atom. The van der Waals surface area contributed by atoms with Gasteiger partial charge in [-0.05, 0) is 5.92 Å². The molecule has 0 N–H and O–H groups in total. The molecule has 5 heteroatoms. The van der Waals surface area contributed by atoms with Crippen LogP contribution < -0.4 is 4.74 Å². The third kappa shape index (κ3) is 3.64. The molecule has 3 nitrogen and oxygen atoms in total. The zero-order chi connectivity index (χ0) is 10.6. The summed E-state index contributed by atoms with van der Waals surface area (Å²) in [5, 5.41) is 0. The molecule has 0 radical (unpaired) electrons. The quantitative estimate of drug-likeness (QED) is 0.751. The van der Waals surface area contributed by atoms with Gasteiger partial charge in [-0.15, -0.1) is 0 Å². The van der Waals surface area contributed by atoms with E-state index in [4.69, 9.17) is 0 Å². The van der Waals surface area contributed by atoms with Crippen LogP contribution in [0.3, 0.4) is 0 Å². The Bertz CT molecular complexity index is 267. The molecule has 0 fully saturated rings. The third-order valence-corrected chi connectivity index (χ3v) is 1.48. The molecule has 0 bridgehead atoms. The standard InChI is InChI=1S/C9H12F2N2O/c1-6(2)5-7-12-4-3-8(13-7)14-9(10)11/h3-4,6,9H,5H2,1-2H3. The Morgan fingerprint density at radius 1 is 1.43 bits per heavy atom. The van der Waals surface area contributed by atoms with Crippen LogP contribution >= 0.6 is 0 Å². The van der Waals surface area contributed by atoms with E-state index in [1.807, 2.05) is 13.8 Å². The van der Waals surface area contributed by atoms with Crippen LogP contribution in [0.1, 0.15) is 19.7 Å². The van der Waals surface area contributed by atoms with Crippen LogP contribution in [-0.2, 0) is 6.42 Å². The van der Waals surface area contributed by atoms with Crippen LogP contribution in [0.5, 0.6) is 5.88 Å². The fourth-order valence-electron chi connectivity index (χ4n) is 1.00. The first-order valence-corrected chi connectivity index (χ1v) is 4.34. The minimum absolute atomic E-state index is 0.0781. The average molecular weight is 202 g/mol. The van der Waals surface area contributed by atoms with Gasteiger partial charge in [0.05, 0.1) is 0 Å². The second kappa shape index (κ2) is 4.83. The van der Waals surface area contributed by atoms with Crippen molar-refractivity contribution in [2.75, 3.05) is 0 Å². The predicted molar refractivity (Wildman–Crippen MR) is 47.2 cm³/mol. The number of aromatic nitrogens is 2. The first-order chi connectivity index (χ1) is 6.58. The highest BCUT2D eigenvalue weighted by atomic mass is 19.3. The molecule has 0 aliphatic carbocycles. The van der Waals surface area contributed by atoms with Gasteiger partial charge < -0.3 is 4.74 Å². The Hall–Kier alpha value is -1.26. The van der Waals surface area contributed by atoms with E-state index in [2.05, 4.69) is 14.7 Å². The first kappa shape index (κ1) is 10.8. The summed E-state index contributed by atoms with van der Waals surface area (Å²) in [5.41, 5.74) is 0. The van der Waals surface area contributed by atoms with Gasteiger partial charge in [-0.1, -0.05) is 13.8 Å². The van der Waals surface area contributed by atoms with Crippen molar-refractivity contribution in [1.29, 1.82) is 0 Å². The molecule has 1 heterocycles. The van der Waals surface area contributed by atoms with E-state index in [1.165, 1.54) is 12.3 Å². The topological polar surface area (TPSA) is 35.0 Å². The highest BCUT2D eigenvalue weighted by Gasteiger charge is 2.07. The van der Waals surface area contributed by atoms with Crippen molar-refractivity contribution < 1.29 is 13.5 Å². The zero-order valence-corrected chi connectivity index (χ0v) is 8.08. The van der Waals surface area contributed by atoms with Crippen molar-refractivity contribution in [3.63, 3.8) is 0 Å². The van der Waals surface area contributed by atoms with Crippen LogP contribution in [0, 0.1) is 5.92 Å². The molecule has 1 aromatic rings. The van der Waals surface area contributed by atoms with Crippen molar-refractivity contribution in [2.24, 2.45) is 5.92 Å². The van der Waals surface area contributed by atoms with Gasteiger partial charge in [-0.2, -0.15) is 13.8 Å². The van der Waals surface area contributed by atoms with Gasteiger partial charge in [0.1, 0.15) is 5.82 Å². The lowest BCUT2D eigenvalue weighted by atomic mass is 10.1. The number of ether oxygens (including phenoxy) is 1. The number of hydrogen-bond donors (Lipinski definition) is 0. The molecule has 0 saturated heterocycles. The van der Waals surface area contributed by atoms with Gasteiger partial charge in [-0.3, -0.25) is 0 Å². The van der Waals surface area contributed by atoms with Crippen LogP contribution in [0.15, 0.2) is 12.3 Å². The van der Waals surface area contributed by atoms with E-state index >= 15 is 0 Å². The van der Waals surface area contributed by atoms with Gasteiger partial charge in [0.15, 0.2) is 0 Å². The summed E-state index contributed by atoms with van der Waals surface area (Å²) in [6.45, 7) is 1.17. The number of rotatable bonds is 4. The van der Waals surface area contributed by atoms with Crippen molar-refractivity contribution >= 4 is 0 Å². The average Bonchev–Trinajstić information content (AvgIpc) is 2.01. The van der Waals surface area contributed by atoms with E-state index < -0.39 is 6.61 Å². The SMILES string of the molecule is CC(C)Cc1nccc(OC(F)F)n1. The molecule has 0 saturated carbocycles. The van der Waals surface area contributed by atoms with E-state index in [1.54, 1.807) is 0 Å². The van der Waals surface area contributed by atoms with Crippen molar-refractivity contribution in [2.45, 2.75) is 26.9 Å². The smallest absolute Gasteiger partial charge is 0.388 e. The Morgan fingerprint density at radius 2 is 2.14 bits per heavy atom. The molecule has 78 valence electrons. The Labute approximate surface area is 81.1 Å². The van der Waals surface area contributed by atoms with Crippen molar-refractivity contribution in [3.05, 3.63) is 18.1 Å². The fourth-order valence-corrected chi connectivity index (χ4v) is 1.00. The molecule has 0 atom stereocenters. The highest BCUT2D eigenvalue weighted by molar-refractivity contribution is 5.08. The lowest BCUT2D eigenvalue weighted by Crippen LogP contribution is -2.06. The lowest BCUT2D eigenvalue weighted by Gasteiger charge is -2.06. The molecule has 1 rings (SSSR count). The van der Waals surface area contributed by atoms with E-state index in [9.17, 15) is 8.78 Å². The largest absolute Gasteiger partial charge is 0.417 e. The summed E-state index contributed by atoms with van der Waals surface area (Å²) in [5.74, 6) is 0.834. The Kier molecular flexibility index (Phi) is 3.73. The lowest BCUT2D eigenvalue weighted by molar-refractivity contribution is -0.0530. The summed E-state index contributed by atoms with van der Waals surface area (Å²) in [6.07, 6.45) is 2.07. The second-order valence-corrected chi connectivity index (χ2v) is 3.29. The molecule has 0 aliphatic heterocycles. The first-order valence-electron chi connectivity index (χ1n) is 4.34. The van der Waals surface area contributed by atoms with Gasteiger partial charge >= 0.3 is 6.61 Å². The second-order valence-electron chi connectivity index (χ2n) is 3.29.